The molecule has 2 N–H and O–H groups in total. The number of alkyl halides is 2. The number of fused-ring (bicyclic) bond motifs is 3. The third kappa shape index (κ3) is 2.87. The molecule has 0 aliphatic rings. The Morgan fingerprint density at radius 1 is 1.04 bits per heavy atom. The van der Waals surface area contributed by atoms with Crippen LogP contribution in [0.2, 0.25) is 0 Å². The summed E-state index contributed by atoms with van der Waals surface area (Å²) in [4.78, 5) is 20.4. The lowest BCUT2D eigenvalue weighted by Gasteiger charge is -2.15. The van der Waals surface area contributed by atoms with E-state index in [4.69, 9.17) is 4.42 Å². The molecule has 0 aliphatic carbocycles. The maximum atomic E-state index is 14.4. The van der Waals surface area contributed by atoms with Crippen molar-refractivity contribution in [2.45, 2.75) is 5.66 Å². The van der Waals surface area contributed by atoms with Crippen molar-refractivity contribution in [3.8, 4) is 11.1 Å². The highest BCUT2D eigenvalue weighted by Gasteiger charge is 2.35. The fourth-order valence-electron chi connectivity index (χ4n) is 3.20. The standard InChI is InChI=1S/C20H13F2O4P/c21-20(22,27-25)15-9-8-13(11-4-3-5-12(10-11)19(23)24)18-17(15)14-6-1-2-7-16(14)26-18/h1-10,25,27H,(H,23,24). The molecule has 0 radical (unpaired) electrons. The highest BCUT2D eigenvalue weighted by molar-refractivity contribution is 7.32. The van der Waals surface area contributed by atoms with Crippen molar-refractivity contribution in [2.75, 3.05) is 0 Å². The van der Waals surface area contributed by atoms with Crippen LogP contribution in [-0.4, -0.2) is 16.0 Å². The largest absolute Gasteiger partial charge is 0.478 e. The van der Waals surface area contributed by atoms with Crippen LogP contribution >= 0.6 is 8.81 Å². The summed E-state index contributed by atoms with van der Waals surface area (Å²) in [5, 5.41) is 9.95. The lowest BCUT2D eigenvalue weighted by Crippen LogP contribution is -2.06. The quantitative estimate of drug-likeness (QED) is 0.449. The molecule has 4 aromatic rings. The molecule has 7 heteroatoms. The van der Waals surface area contributed by atoms with Gasteiger partial charge in [0.1, 0.15) is 11.2 Å². The molecule has 0 saturated carbocycles. The van der Waals surface area contributed by atoms with Gasteiger partial charge < -0.3 is 14.4 Å². The summed E-state index contributed by atoms with van der Waals surface area (Å²) in [6.07, 6.45) is 0. The van der Waals surface area contributed by atoms with Crippen molar-refractivity contribution in [3.05, 3.63) is 71.8 Å². The van der Waals surface area contributed by atoms with Crippen LogP contribution in [0.3, 0.4) is 0 Å². The molecule has 0 saturated heterocycles. The first kappa shape index (κ1) is 17.6. The van der Waals surface area contributed by atoms with Gasteiger partial charge in [-0.15, -0.1) is 0 Å². The van der Waals surface area contributed by atoms with Crippen LogP contribution in [0.25, 0.3) is 33.1 Å². The number of carboxylic acids is 1. The average molecular weight is 386 g/mol. The highest BCUT2D eigenvalue weighted by Crippen LogP contribution is 2.49. The summed E-state index contributed by atoms with van der Waals surface area (Å²) >= 11 is 0. The first-order valence-corrected chi connectivity index (χ1v) is 8.94. The Kier molecular flexibility index (Phi) is 4.17. The lowest BCUT2D eigenvalue weighted by atomic mass is 9.97. The number of para-hydroxylation sites is 1. The van der Waals surface area contributed by atoms with Crippen LogP contribution in [0.15, 0.2) is 65.1 Å². The molecule has 1 aromatic heterocycles. The molecule has 0 aliphatic heterocycles. The van der Waals surface area contributed by atoms with Gasteiger partial charge in [0, 0.05) is 21.9 Å². The van der Waals surface area contributed by atoms with E-state index in [1.54, 1.807) is 36.4 Å². The molecule has 4 nitrogen and oxygen atoms in total. The van der Waals surface area contributed by atoms with Gasteiger partial charge in [-0.2, -0.15) is 8.78 Å². The van der Waals surface area contributed by atoms with Gasteiger partial charge in [0.25, 0.3) is 0 Å². The number of furan rings is 1. The zero-order chi connectivity index (χ0) is 19.2. The van der Waals surface area contributed by atoms with Gasteiger partial charge in [-0.1, -0.05) is 42.5 Å². The van der Waals surface area contributed by atoms with Crippen molar-refractivity contribution in [2.24, 2.45) is 0 Å². The number of rotatable bonds is 4. The van der Waals surface area contributed by atoms with Gasteiger partial charge in [-0.3, -0.25) is 0 Å². The minimum absolute atomic E-state index is 0.0861. The first-order chi connectivity index (χ1) is 12.9. The molecule has 0 amide bonds. The monoisotopic (exact) mass is 386 g/mol. The van der Waals surface area contributed by atoms with Crippen LogP contribution in [0, 0.1) is 0 Å². The van der Waals surface area contributed by atoms with Crippen LogP contribution in [0.4, 0.5) is 8.78 Å². The molecular formula is C20H13F2O4P. The minimum Gasteiger partial charge on any atom is -0.478 e. The fraction of sp³-hybridized carbons (Fsp3) is 0.0500. The molecule has 0 fully saturated rings. The topological polar surface area (TPSA) is 70.7 Å². The number of benzene rings is 3. The van der Waals surface area contributed by atoms with Crippen LogP contribution < -0.4 is 0 Å². The summed E-state index contributed by atoms with van der Waals surface area (Å²) in [5.41, 5.74) is -1.93. The molecule has 4 rings (SSSR count). The smallest absolute Gasteiger partial charge is 0.335 e. The van der Waals surface area contributed by atoms with Crippen LogP contribution in [-0.2, 0) is 5.66 Å². The van der Waals surface area contributed by atoms with Crippen molar-refractivity contribution in [3.63, 3.8) is 0 Å². The number of hydrogen-bond donors (Lipinski definition) is 2. The van der Waals surface area contributed by atoms with Crippen molar-refractivity contribution < 1.29 is 28.0 Å². The normalized spacial score (nSPS) is 12.4. The van der Waals surface area contributed by atoms with Gasteiger partial charge in [0.2, 0.25) is 0 Å². The Bertz CT molecular complexity index is 1180. The number of halogens is 2. The second-order valence-electron chi connectivity index (χ2n) is 6.04. The third-order valence-corrected chi connectivity index (χ3v) is 4.98. The average Bonchev–Trinajstić information content (AvgIpc) is 3.06. The van der Waals surface area contributed by atoms with E-state index in [9.17, 15) is 23.6 Å². The lowest BCUT2D eigenvalue weighted by molar-refractivity contribution is 0.0696. The number of hydrogen-bond acceptors (Lipinski definition) is 3. The van der Waals surface area contributed by atoms with Gasteiger partial charge in [0.05, 0.1) is 14.4 Å². The SMILES string of the molecule is O=C(O)c1cccc(-c2ccc(C(F)(F)PO)c3c2oc2ccccc23)c1. The Hall–Kier alpha value is -2.82. The van der Waals surface area contributed by atoms with E-state index >= 15 is 0 Å². The zero-order valence-electron chi connectivity index (χ0n) is 13.7. The highest BCUT2D eigenvalue weighted by atomic mass is 31.1. The van der Waals surface area contributed by atoms with Gasteiger partial charge in [0.15, 0.2) is 0 Å². The summed E-state index contributed by atoms with van der Waals surface area (Å²) in [6, 6.07) is 15.7. The molecule has 3 aromatic carbocycles. The third-order valence-electron chi connectivity index (χ3n) is 4.43. The Morgan fingerprint density at radius 3 is 2.56 bits per heavy atom. The second-order valence-corrected chi connectivity index (χ2v) is 6.89. The molecule has 1 unspecified atom stereocenters. The van der Waals surface area contributed by atoms with Crippen LogP contribution in [0.5, 0.6) is 0 Å². The summed E-state index contributed by atoms with van der Waals surface area (Å²) in [7, 11) is -1.59. The Morgan fingerprint density at radius 2 is 1.81 bits per heavy atom. The van der Waals surface area contributed by atoms with E-state index in [0.717, 1.165) is 0 Å². The van der Waals surface area contributed by atoms with Gasteiger partial charge in [-0.05, 0) is 23.8 Å². The van der Waals surface area contributed by atoms with Crippen molar-refractivity contribution >= 4 is 36.7 Å². The van der Waals surface area contributed by atoms with Gasteiger partial charge >= 0.3 is 11.6 Å². The zero-order valence-corrected chi connectivity index (χ0v) is 14.7. The molecule has 1 atom stereocenters. The number of carboxylic acid groups (broad SMARTS) is 1. The van der Waals surface area contributed by atoms with Gasteiger partial charge in [-0.25, -0.2) is 4.79 Å². The summed E-state index contributed by atoms with van der Waals surface area (Å²) in [5.74, 6) is -1.08. The number of carbonyl (C=O) groups is 1. The molecule has 27 heavy (non-hydrogen) atoms. The molecular weight excluding hydrogens is 373 g/mol. The summed E-state index contributed by atoms with van der Waals surface area (Å²) in [6.45, 7) is 0. The summed E-state index contributed by atoms with van der Waals surface area (Å²) < 4.78 is 34.6. The number of aromatic carboxylic acids is 1. The van der Waals surface area contributed by atoms with E-state index < -0.39 is 20.4 Å². The molecule has 1 heterocycles. The molecule has 136 valence electrons. The predicted octanol–water partition coefficient (Wildman–Crippen LogP) is 5.59. The van der Waals surface area contributed by atoms with E-state index in [1.807, 2.05) is 0 Å². The van der Waals surface area contributed by atoms with Crippen molar-refractivity contribution in [1.29, 1.82) is 0 Å². The first-order valence-electron chi connectivity index (χ1n) is 8.00. The fourth-order valence-corrected chi connectivity index (χ4v) is 3.53. The van der Waals surface area contributed by atoms with E-state index in [0.29, 0.717) is 22.1 Å². The maximum absolute atomic E-state index is 14.4. The van der Waals surface area contributed by atoms with Crippen LogP contribution in [0.1, 0.15) is 15.9 Å². The Labute approximate surface area is 153 Å². The second kappa shape index (κ2) is 6.41. The molecule has 0 bridgehead atoms. The maximum Gasteiger partial charge on any atom is 0.335 e. The Balaban J connectivity index is 2.09. The van der Waals surface area contributed by atoms with E-state index in [2.05, 4.69) is 0 Å². The van der Waals surface area contributed by atoms with E-state index in [1.165, 1.54) is 24.3 Å². The minimum atomic E-state index is -3.41. The predicted molar refractivity (Wildman–Crippen MR) is 101 cm³/mol. The molecule has 0 spiro atoms. The van der Waals surface area contributed by atoms with Crippen molar-refractivity contribution in [1.82, 2.24) is 0 Å². The van der Waals surface area contributed by atoms with E-state index in [-0.39, 0.29) is 22.1 Å².